The lowest BCUT2D eigenvalue weighted by molar-refractivity contribution is 0.981. The highest BCUT2D eigenvalue weighted by atomic mass is 32.1. The van der Waals surface area contributed by atoms with Crippen LogP contribution in [-0.4, -0.2) is 18.4 Å². The van der Waals surface area contributed by atoms with Crippen molar-refractivity contribution in [2.45, 2.75) is 6.92 Å². The monoisotopic (exact) mass is 131 g/mol. The maximum atomic E-state index is 4.68. The number of rotatable bonds is 1. The van der Waals surface area contributed by atoms with E-state index >= 15 is 0 Å². The molecule has 0 aliphatic heterocycles. The molecule has 0 radical (unpaired) electrons. The van der Waals surface area contributed by atoms with Crippen LogP contribution in [0.25, 0.3) is 0 Å². The maximum absolute atomic E-state index is 4.68. The summed E-state index contributed by atoms with van der Waals surface area (Å²) in [7, 11) is 1.74. The molecule has 0 rings (SSSR count). The molecule has 0 atom stereocenters. The average molecular weight is 131 g/mol. The van der Waals surface area contributed by atoms with Gasteiger partial charge in [-0.25, -0.2) is 0 Å². The predicted molar refractivity (Wildman–Crippen MR) is 39.0 cm³/mol. The van der Waals surface area contributed by atoms with Gasteiger partial charge in [-0.3, -0.25) is 5.43 Å². The van der Waals surface area contributed by atoms with E-state index in [4.69, 9.17) is 0 Å². The Balaban J connectivity index is 3.25. The summed E-state index contributed by atoms with van der Waals surface area (Å²) in [6.45, 7) is 1.81. The van der Waals surface area contributed by atoms with Gasteiger partial charge in [-0.2, -0.15) is 5.10 Å². The standard InChI is InChI=1S/C4H9N3S/c1-3-6-7-4(8)5-2/h3H,1-2H3,(H2,5,7,8)/b6-3+. The summed E-state index contributed by atoms with van der Waals surface area (Å²) in [6, 6.07) is 0. The summed E-state index contributed by atoms with van der Waals surface area (Å²) < 4.78 is 0. The molecule has 0 bridgehead atoms. The molecule has 4 heteroatoms. The van der Waals surface area contributed by atoms with Crippen LogP contribution in [0.15, 0.2) is 5.10 Å². The van der Waals surface area contributed by atoms with Gasteiger partial charge in [-0.05, 0) is 19.1 Å². The fraction of sp³-hybridized carbons (Fsp3) is 0.500. The van der Waals surface area contributed by atoms with E-state index < -0.39 is 0 Å². The van der Waals surface area contributed by atoms with Crippen molar-refractivity contribution in [2.75, 3.05) is 7.05 Å². The maximum Gasteiger partial charge on any atom is 0.186 e. The van der Waals surface area contributed by atoms with Crippen molar-refractivity contribution >= 4 is 23.5 Å². The molecule has 0 amide bonds. The van der Waals surface area contributed by atoms with Crippen molar-refractivity contribution in [1.82, 2.24) is 10.7 Å². The zero-order valence-electron chi connectivity index (χ0n) is 4.93. The summed E-state index contributed by atoms with van der Waals surface area (Å²) in [5, 5.41) is 6.90. The SMILES string of the molecule is C/C=N/NC(=S)NC. The van der Waals surface area contributed by atoms with Crippen LogP contribution in [0.2, 0.25) is 0 Å². The van der Waals surface area contributed by atoms with Crippen LogP contribution >= 0.6 is 12.2 Å². The number of nitrogens with zero attached hydrogens (tertiary/aromatic N) is 1. The van der Waals surface area contributed by atoms with Crippen molar-refractivity contribution in [1.29, 1.82) is 0 Å². The molecule has 2 N–H and O–H groups in total. The first-order valence-corrected chi connectivity index (χ1v) is 2.67. The third-order valence-electron chi connectivity index (χ3n) is 0.522. The quantitative estimate of drug-likeness (QED) is 0.301. The summed E-state index contributed by atoms with van der Waals surface area (Å²) in [5.74, 6) is 0. The molecule has 0 aromatic rings. The Hall–Kier alpha value is -0.640. The van der Waals surface area contributed by atoms with Crippen LogP contribution in [0.4, 0.5) is 0 Å². The Kier molecular flexibility index (Phi) is 4.16. The van der Waals surface area contributed by atoms with E-state index in [-0.39, 0.29) is 0 Å². The van der Waals surface area contributed by atoms with Gasteiger partial charge in [0, 0.05) is 13.3 Å². The molecular formula is C4H9N3S. The highest BCUT2D eigenvalue weighted by molar-refractivity contribution is 7.80. The second-order valence-corrected chi connectivity index (χ2v) is 1.49. The Labute approximate surface area is 54.2 Å². The molecular weight excluding hydrogens is 122 g/mol. The van der Waals surface area contributed by atoms with Crippen LogP contribution in [0, 0.1) is 0 Å². The van der Waals surface area contributed by atoms with Gasteiger partial charge >= 0.3 is 0 Å². The third kappa shape index (κ3) is 3.55. The van der Waals surface area contributed by atoms with Crippen LogP contribution < -0.4 is 10.7 Å². The smallest absolute Gasteiger partial charge is 0.186 e. The highest BCUT2D eigenvalue weighted by Gasteiger charge is 1.80. The first kappa shape index (κ1) is 7.36. The first-order valence-electron chi connectivity index (χ1n) is 2.26. The van der Waals surface area contributed by atoms with Crippen LogP contribution in [0.5, 0.6) is 0 Å². The van der Waals surface area contributed by atoms with Gasteiger partial charge < -0.3 is 5.32 Å². The molecule has 0 unspecified atom stereocenters. The average Bonchev–Trinajstić information content (AvgIpc) is 1.83. The summed E-state index contributed by atoms with van der Waals surface area (Å²) in [6.07, 6.45) is 1.63. The third-order valence-corrected chi connectivity index (χ3v) is 0.818. The molecule has 0 heterocycles. The van der Waals surface area contributed by atoms with Gasteiger partial charge in [-0.15, -0.1) is 0 Å². The van der Waals surface area contributed by atoms with Crippen LogP contribution in [0.3, 0.4) is 0 Å². The molecule has 0 saturated carbocycles. The molecule has 46 valence electrons. The molecule has 8 heavy (non-hydrogen) atoms. The number of hydrogen-bond acceptors (Lipinski definition) is 2. The molecule has 3 nitrogen and oxygen atoms in total. The Bertz CT molecular complexity index is 99.5. The van der Waals surface area contributed by atoms with Crippen molar-refractivity contribution < 1.29 is 0 Å². The molecule has 0 aromatic carbocycles. The van der Waals surface area contributed by atoms with E-state index in [9.17, 15) is 0 Å². The van der Waals surface area contributed by atoms with E-state index in [1.807, 2.05) is 6.92 Å². The largest absolute Gasteiger partial charge is 0.364 e. The van der Waals surface area contributed by atoms with Crippen molar-refractivity contribution in [2.24, 2.45) is 5.10 Å². The topological polar surface area (TPSA) is 36.4 Å². The number of thiocarbonyl (C=S) groups is 1. The van der Waals surface area contributed by atoms with E-state index in [2.05, 4.69) is 28.1 Å². The minimum atomic E-state index is 0.531. The summed E-state index contributed by atoms with van der Waals surface area (Å²) in [5.41, 5.74) is 2.57. The molecule has 0 aliphatic carbocycles. The minimum absolute atomic E-state index is 0.531. The zero-order chi connectivity index (χ0) is 6.41. The van der Waals surface area contributed by atoms with Crippen LogP contribution in [0.1, 0.15) is 6.92 Å². The van der Waals surface area contributed by atoms with Gasteiger partial charge in [0.15, 0.2) is 5.11 Å². The Morgan fingerprint density at radius 3 is 2.75 bits per heavy atom. The lowest BCUT2D eigenvalue weighted by Gasteiger charge is -1.97. The van der Waals surface area contributed by atoms with Crippen LogP contribution in [-0.2, 0) is 0 Å². The van der Waals surface area contributed by atoms with Gasteiger partial charge in [0.25, 0.3) is 0 Å². The Morgan fingerprint density at radius 1 is 1.75 bits per heavy atom. The van der Waals surface area contributed by atoms with E-state index in [1.54, 1.807) is 13.3 Å². The fourth-order valence-corrected chi connectivity index (χ4v) is 0.232. The molecule has 0 aromatic heterocycles. The highest BCUT2D eigenvalue weighted by Crippen LogP contribution is 1.60. The predicted octanol–water partition coefficient (Wildman–Crippen LogP) is 0.0860. The fourth-order valence-electron chi connectivity index (χ4n) is 0.179. The van der Waals surface area contributed by atoms with Gasteiger partial charge in [0.2, 0.25) is 0 Å². The first-order chi connectivity index (χ1) is 3.81. The molecule has 0 fully saturated rings. The van der Waals surface area contributed by atoms with Crippen molar-refractivity contribution in [3.05, 3.63) is 0 Å². The minimum Gasteiger partial charge on any atom is -0.364 e. The second kappa shape index (κ2) is 4.52. The van der Waals surface area contributed by atoms with Crippen molar-refractivity contribution in [3.63, 3.8) is 0 Å². The molecule has 0 saturated heterocycles. The van der Waals surface area contributed by atoms with E-state index in [0.717, 1.165) is 0 Å². The number of nitrogens with one attached hydrogen (secondary N) is 2. The molecule has 0 spiro atoms. The Morgan fingerprint density at radius 2 is 2.38 bits per heavy atom. The zero-order valence-corrected chi connectivity index (χ0v) is 5.75. The van der Waals surface area contributed by atoms with Gasteiger partial charge in [0.1, 0.15) is 0 Å². The van der Waals surface area contributed by atoms with E-state index in [0.29, 0.717) is 5.11 Å². The summed E-state index contributed by atoms with van der Waals surface area (Å²) in [4.78, 5) is 0. The normalized spacial score (nSPS) is 9.25. The van der Waals surface area contributed by atoms with E-state index in [1.165, 1.54) is 0 Å². The lowest BCUT2D eigenvalue weighted by Crippen LogP contribution is -2.28. The van der Waals surface area contributed by atoms with Crippen molar-refractivity contribution in [3.8, 4) is 0 Å². The second-order valence-electron chi connectivity index (χ2n) is 1.08. The van der Waals surface area contributed by atoms with Gasteiger partial charge in [-0.1, -0.05) is 0 Å². The number of hydrazone groups is 1. The van der Waals surface area contributed by atoms with Gasteiger partial charge in [0.05, 0.1) is 0 Å². The number of hydrogen-bond donors (Lipinski definition) is 2. The molecule has 0 aliphatic rings. The summed E-state index contributed by atoms with van der Waals surface area (Å²) >= 11 is 4.68. The lowest BCUT2D eigenvalue weighted by atomic mass is 10.9.